The maximum atomic E-state index is 12.9. The van der Waals surface area contributed by atoms with Gasteiger partial charge in [0.05, 0.1) is 18.7 Å². The molecule has 0 aliphatic carbocycles. The van der Waals surface area contributed by atoms with E-state index >= 15 is 0 Å². The summed E-state index contributed by atoms with van der Waals surface area (Å²) < 4.78 is 7.97. The molecule has 2 aromatic rings. The molecule has 5 rings (SSSR count). The number of hydrogen-bond acceptors (Lipinski definition) is 4. The molecular weight excluding hydrogens is 408 g/mol. The van der Waals surface area contributed by atoms with Crippen molar-refractivity contribution in [2.24, 2.45) is 5.41 Å². The van der Waals surface area contributed by atoms with Crippen molar-refractivity contribution in [3.8, 4) is 0 Å². The summed E-state index contributed by atoms with van der Waals surface area (Å²) in [6, 6.07) is 6.44. The van der Waals surface area contributed by atoms with Crippen molar-refractivity contribution in [2.75, 3.05) is 20.2 Å². The molecular formula is C21H25BrN2O3. The molecule has 144 valence electrons. The highest BCUT2D eigenvalue weighted by Crippen LogP contribution is 2.60. The van der Waals surface area contributed by atoms with Gasteiger partial charge in [-0.05, 0) is 55.3 Å². The average molecular weight is 433 g/mol. The zero-order valence-corrected chi connectivity index (χ0v) is 17.4. The molecule has 27 heavy (non-hydrogen) atoms. The summed E-state index contributed by atoms with van der Waals surface area (Å²) in [5, 5.41) is 12.9. The minimum Gasteiger partial charge on any atom is -0.465 e. The number of methoxy groups -OCH3 is 1. The molecule has 1 saturated heterocycles. The van der Waals surface area contributed by atoms with Crippen molar-refractivity contribution in [3.63, 3.8) is 0 Å². The first-order chi connectivity index (χ1) is 12.9. The Morgan fingerprint density at radius 1 is 1.41 bits per heavy atom. The van der Waals surface area contributed by atoms with Gasteiger partial charge >= 0.3 is 5.97 Å². The molecule has 3 aliphatic heterocycles. The first kappa shape index (κ1) is 17.7. The van der Waals surface area contributed by atoms with Crippen LogP contribution in [0.2, 0.25) is 0 Å². The molecule has 6 heteroatoms. The second kappa shape index (κ2) is 5.82. The summed E-state index contributed by atoms with van der Waals surface area (Å²) in [6.07, 6.45) is 4.45. The van der Waals surface area contributed by atoms with Crippen LogP contribution in [0, 0.1) is 5.41 Å². The third kappa shape index (κ3) is 2.15. The lowest BCUT2D eigenvalue weighted by molar-refractivity contribution is -0.194. The van der Waals surface area contributed by atoms with E-state index in [1.807, 2.05) is 16.7 Å². The first-order valence-electron chi connectivity index (χ1n) is 9.83. The zero-order valence-electron chi connectivity index (χ0n) is 15.8. The minimum atomic E-state index is -1.66. The van der Waals surface area contributed by atoms with Gasteiger partial charge in [0.25, 0.3) is 0 Å². The van der Waals surface area contributed by atoms with Crippen LogP contribution in [-0.2, 0) is 21.7 Å². The van der Waals surface area contributed by atoms with Gasteiger partial charge in [0, 0.05) is 28.5 Å². The number of rotatable bonds is 2. The van der Waals surface area contributed by atoms with E-state index in [1.54, 1.807) is 0 Å². The number of piperidine rings is 1. The van der Waals surface area contributed by atoms with E-state index in [4.69, 9.17) is 4.74 Å². The Morgan fingerprint density at radius 3 is 2.96 bits per heavy atom. The van der Waals surface area contributed by atoms with Crippen molar-refractivity contribution in [1.82, 2.24) is 9.47 Å². The number of benzene rings is 1. The number of aromatic nitrogens is 1. The average Bonchev–Trinajstić information content (AvgIpc) is 3.01. The van der Waals surface area contributed by atoms with E-state index in [0.29, 0.717) is 6.42 Å². The largest absolute Gasteiger partial charge is 0.465 e. The smallest absolute Gasteiger partial charge is 0.359 e. The number of hydrogen-bond donors (Lipinski definition) is 1. The van der Waals surface area contributed by atoms with Crippen LogP contribution in [0.5, 0.6) is 0 Å². The Bertz CT molecular complexity index is 955. The van der Waals surface area contributed by atoms with Gasteiger partial charge in [-0.3, -0.25) is 4.90 Å². The van der Waals surface area contributed by atoms with E-state index < -0.39 is 11.7 Å². The molecule has 0 saturated carbocycles. The first-order valence-corrected chi connectivity index (χ1v) is 10.6. The van der Waals surface area contributed by atoms with Crippen molar-refractivity contribution in [3.05, 3.63) is 33.9 Å². The number of fused-ring (bicyclic) bond motifs is 3. The van der Waals surface area contributed by atoms with E-state index in [0.717, 1.165) is 59.8 Å². The fraction of sp³-hybridized carbons (Fsp3) is 0.571. The third-order valence-electron chi connectivity index (χ3n) is 7.23. The van der Waals surface area contributed by atoms with E-state index in [2.05, 4.69) is 33.8 Å². The van der Waals surface area contributed by atoms with E-state index in [1.165, 1.54) is 12.7 Å². The summed E-state index contributed by atoms with van der Waals surface area (Å²) in [4.78, 5) is 15.5. The van der Waals surface area contributed by atoms with Crippen LogP contribution in [0.1, 0.15) is 49.9 Å². The summed E-state index contributed by atoms with van der Waals surface area (Å²) in [5.74, 6) is -0.559. The summed E-state index contributed by atoms with van der Waals surface area (Å²) in [5.41, 5.74) is 1.58. The van der Waals surface area contributed by atoms with Crippen LogP contribution >= 0.6 is 15.9 Å². The Hall–Kier alpha value is -1.37. The lowest BCUT2D eigenvalue weighted by Crippen LogP contribution is -2.60. The molecule has 4 heterocycles. The van der Waals surface area contributed by atoms with Crippen LogP contribution in [0.4, 0.5) is 0 Å². The Morgan fingerprint density at radius 2 is 2.22 bits per heavy atom. The maximum absolute atomic E-state index is 12.9. The van der Waals surface area contributed by atoms with Crippen LogP contribution in [0.25, 0.3) is 10.9 Å². The summed E-state index contributed by atoms with van der Waals surface area (Å²) >= 11 is 3.57. The highest BCUT2D eigenvalue weighted by molar-refractivity contribution is 9.10. The highest BCUT2D eigenvalue weighted by atomic mass is 79.9. The molecule has 1 fully saturated rings. The van der Waals surface area contributed by atoms with E-state index in [-0.39, 0.29) is 11.5 Å². The van der Waals surface area contributed by atoms with Crippen LogP contribution in [0.3, 0.4) is 0 Å². The van der Waals surface area contributed by atoms with Crippen LogP contribution in [-0.4, -0.2) is 40.7 Å². The van der Waals surface area contributed by atoms with Gasteiger partial charge in [-0.1, -0.05) is 28.9 Å². The molecule has 3 atom stereocenters. The zero-order chi connectivity index (χ0) is 19.0. The molecule has 1 aromatic heterocycles. The van der Waals surface area contributed by atoms with Crippen molar-refractivity contribution >= 4 is 32.8 Å². The minimum absolute atomic E-state index is 0.0992. The van der Waals surface area contributed by atoms with Gasteiger partial charge in [0.1, 0.15) is 0 Å². The van der Waals surface area contributed by atoms with Gasteiger partial charge < -0.3 is 14.4 Å². The molecule has 5 nitrogen and oxygen atoms in total. The molecule has 0 amide bonds. The van der Waals surface area contributed by atoms with Gasteiger partial charge in [0.2, 0.25) is 5.72 Å². The second-order valence-corrected chi connectivity index (χ2v) is 9.27. The van der Waals surface area contributed by atoms with Crippen molar-refractivity contribution in [1.29, 1.82) is 0 Å². The number of carbonyl (C=O) groups is 1. The number of aliphatic hydroxyl groups is 1. The topological polar surface area (TPSA) is 54.7 Å². The standard InChI is InChI=1S/C21H25BrN2O3/c1-3-20-8-4-9-23-10-7-15-14-6-5-13(22)11-16(14)24(17(15)18(20)23)21(26,12-20)19(25)27-2/h5-6,11,18,26H,3-4,7-10,12H2,1-2H3/t18-,20+,21+/m1/s1. The number of nitrogens with zero attached hydrogens (tertiary/aromatic N) is 2. The maximum Gasteiger partial charge on any atom is 0.359 e. The fourth-order valence-electron chi connectivity index (χ4n) is 6.12. The van der Waals surface area contributed by atoms with Gasteiger partial charge in [-0.15, -0.1) is 0 Å². The third-order valence-corrected chi connectivity index (χ3v) is 7.73. The number of esters is 1. The highest BCUT2D eigenvalue weighted by Gasteiger charge is 2.60. The molecule has 0 radical (unpaired) electrons. The SMILES string of the molecule is CC[C@]12CCCN3CCc4c(n(c5cc(Br)ccc45)[C@@](O)(C(=O)OC)C1)[C@@H]32. The van der Waals surface area contributed by atoms with E-state index in [9.17, 15) is 9.90 Å². The fourth-order valence-corrected chi connectivity index (χ4v) is 6.47. The lowest BCUT2D eigenvalue weighted by Gasteiger charge is -2.57. The van der Waals surface area contributed by atoms with Gasteiger partial charge in [0.15, 0.2) is 0 Å². The van der Waals surface area contributed by atoms with Crippen LogP contribution in [0.15, 0.2) is 22.7 Å². The van der Waals surface area contributed by atoms with Crippen molar-refractivity contribution in [2.45, 2.75) is 50.8 Å². The molecule has 0 bridgehead atoms. The molecule has 0 unspecified atom stereocenters. The summed E-state index contributed by atoms with van der Waals surface area (Å²) in [6.45, 7) is 4.34. The lowest BCUT2D eigenvalue weighted by atomic mass is 9.62. The van der Waals surface area contributed by atoms with Crippen molar-refractivity contribution < 1.29 is 14.6 Å². The predicted molar refractivity (Wildman–Crippen MR) is 106 cm³/mol. The summed E-state index contributed by atoms with van der Waals surface area (Å²) in [7, 11) is 1.37. The van der Waals surface area contributed by atoms with Gasteiger partial charge in [-0.25, -0.2) is 4.79 Å². The monoisotopic (exact) mass is 432 g/mol. The Balaban J connectivity index is 1.90. The van der Waals surface area contributed by atoms with Crippen LogP contribution < -0.4 is 0 Å². The second-order valence-electron chi connectivity index (χ2n) is 8.35. The number of carbonyl (C=O) groups excluding carboxylic acids is 1. The predicted octanol–water partition coefficient (Wildman–Crippen LogP) is 3.72. The number of ether oxygens (including phenoxy) is 1. The Kier molecular flexibility index (Phi) is 3.81. The van der Waals surface area contributed by atoms with Gasteiger partial charge in [-0.2, -0.15) is 0 Å². The molecule has 1 N–H and O–H groups in total. The number of halogens is 1. The molecule has 1 aromatic carbocycles. The quantitative estimate of drug-likeness (QED) is 0.734. The normalized spacial score (nSPS) is 32.4. The Labute approximate surface area is 167 Å². The molecule has 3 aliphatic rings. The molecule has 0 spiro atoms.